The standard InChI is InChI=1S/C35H42BN3O4/c1-34(2)24-20-29(34)35(3)30(21-24)42-36(43-35)31(19-22-11-6-5-7-12-22)39-33(41)28(18-23-13-10-14-25(17-23)38-4)26-15-8-9-16-27(26)32(37)40/h5-17,24,28-31,38H,18-21H2,1-4H3,(H2,37,40)(H,39,41)/t24-,28-,29-,30+,31-,35-/m0/s1. The van der Waals surface area contributed by atoms with E-state index < -0.39 is 30.5 Å². The summed E-state index contributed by atoms with van der Waals surface area (Å²) in [5.74, 6) is -0.787. The van der Waals surface area contributed by atoms with Crippen LogP contribution in [0.15, 0.2) is 78.9 Å². The van der Waals surface area contributed by atoms with Gasteiger partial charge in [0.25, 0.3) is 0 Å². The summed E-state index contributed by atoms with van der Waals surface area (Å²) in [7, 11) is 1.28. The Morgan fingerprint density at radius 3 is 2.40 bits per heavy atom. The van der Waals surface area contributed by atoms with Crippen molar-refractivity contribution < 1.29 is 18.9 Å². The van der Waals surface area contributed by atoms with Crippen LogP contribution in [0, 0.1) is 17.3 Å². The Hall–Kier alpha value is -3.62. The van der Waals surface area contributed by atoms with Gasteiger partial charge < -0.3 is 25.7 Å². The molecule has 4 N–H and O–H groups in total. The summed E-state index contributed by atoms with van der Waals surface area (Å²) in [6.45, 7) is 6.88. The van der Waals surface area contributed by atoms with E-state index in [1.54, 1.807) is 12.1 Å². The number of hydrogen-bond acceptors (Lipinski definition) is 5. The molecule has 0 aromatic heterocycles. The Balaban J connectivity index is 1.32. The molecule has 7 nitrogen and oxygen atoms in total. The Kier molecular flexibility index (Phi) is 7.86. The van der Waals surface area contributed by atoms with Crippen molar-refractivity contribution >= 4 is 24.6 Å². The van der Waals surface area contributed by atoms with Crippen LogP contribution in [-0.2, 0) is 26.9 Å². The lowest BCUT2D eigenvalue weighted by molar-refractivity contribution is -0.199. The molecule has 8 heteroatoms. The van der Waals surface area contributed by atoms with Crippen LogP contribution in [0.4, 0.5) is 5.69 Å². The van der Waals surface area contributed by atoms with Gasteiger partial charge in [-0.2, -0.15) is 0 Å². The number of nitrogens with two attached hydrogens (primary N) is 1. The lowest BCUT2D eigenvalue weighted by Crippen LogP contribution is -2.65. The van der Waals surface area contributed by atoms with Crippen molar-refractivity contribution in [2.45, 2.75) is 70.0 Å². The maximum Gasteiger partial charge on any atom is 0.482 e. The summed E-state index contributed by atoms with van der Waals surface area (Å²) in [6.07, 6.45) is 3.08. The van der Waals surface area contributed by atoms with Gasteiger partial charge in [-0.1, -0.05) is 74.5 Å². The quantitative estimate of drug-likeness (QED) is 0.289. The number of anilines is 1. The molecule has 4 aliphatic rings. The van der Waals surface area contributed by atoms with E-state index in [2.05, 4.69) is 43.5 Å². The molecule has 0 radical (unpaired) electrons. The molecule has 2 bridgehead atoms. The number of amides is 2. The molecule has 3 aliphatic carbocycles. The van der Waals surface area contributed by atoms with E-state index in [0.29, 0.717) is 35.8 Å². The van der Waals surface area contributed by atoms with Gasteiger partial charge in [-0.3, -0.25) is 9.59 Å². The lowest BCUT2D eigenvalue weighted by atomic mass is 9.43. The maximum atomic E-state index is 14.4. The lowest BCUT2D eigenvalue weighted by Gasteiger charge is -2.64. The molecular weight excluding hydrogens is 537 g/mol. The average Bonchev–Trinajstić information content (AvgIpc) is 3.37. The number of benzene rings is 3. The van der Waals surface area contributed by atoms with Crippen molar-refractivity contribution in [1.82, 2.24) is 5.32 Å². The van der Waals surface area contributed by atoms with Gasteiger partial charge in [-0.05, 0) is 84.7 Å². The van der Waals surface area contributed by atoms with E-state index in [-0.39, 0.29) is 17.4 Å². The van der Waals surface area contributed by atoms with Crippen LogP contribution in [0.25, 0.3) is 0 Å². The molecule has 224 valence electrons. The third-order valence-corrected chi connectivity index (χ3v) is 10.5. The highest BCUT2D eigenvalue weighted by molar-refractivity contribution is 6.48. The predicted molar refractivity (Wildman–Crippen MR) is 170 cm³/mol. The number of primary amides is 1. The summed E-state index contributed by atoms with van der Waals surface area (Å²) in [5, 5.41) is 6.51. The van der Waals surface area contributed by atoms with E-state index in [1.807, 2.05) is 61.6 Å². The molecule has 3 aromatic rings. The second-order valence-electron chi connectivity index (χ2n) is 13.3. The monoisotopic (exact) mass is 579 g/mol. The van der Waals surface area contributed by atoms with Gasteiger partial charge in [0.15, 0.2) is 0 Å². The van der Waals surface area contributed by atoms with Crippen LogP contribution in [-0.4, -0.2) is 43.6 Å². The minimum atomic E-state index is -0.653. The van der Waals surface area contributed by atoms with Gasteiger partial charge in [-0.15, -0.1) is 0 Å². The largest absolute Gasteiger partial charge is 0.482 e. The summed E-state index contributed by atoms with van der Waals surface area (Å²) in [5.41, 5.74) is 9.58. The number of carbonyl (C=O) groups is 2. The van der Waals surface area contributed by atoms with Crippen molar-refractivity contribution in [3.05, 3.63) is 101 Å². The van der Waals surface area contributed by atoms with Gasteiger partial charge in [0, 0.05) is 18.3 Å². The Bertz CT molecular complexity index is 1500. The van der Waals surface area contributed by atoms with Crippen LogP contribution in [0.3, 0.4) is 0 Å². The summed E-state index contributed by atoms with van der Waals surface area (Å²) < 4.78 is 13.5. The second kappa shape index (κ2) is 11.5. The van der Waals surface area contributed by atoms with E-state index >= 15 is 0 Å². The van der Waals surface area contributed by atoms with Gasteiger partial charge >= 0.3 is 7.12 Å². The van der Waals surface area contributed by atoms with Crippen molar-refractivity contribution in [2.24, 2.45) is 23.0 Å². The molecule has 0 spiro atoms. The zero-order chi connectivity index (χ0) is 30.4. The average molecular weight is 580 g/mol. The molecule has 4 fully saturated rings. The highest BCUT2D eigenvalue weighted by Gasteiger charge is 2.68. The van der Waals surface area contributed by atoms with Crippen molar-refractivity contribution in [3.8, 4) is 0 Å². The molecule has 6 atom stereocenters. The van der Waals surface area contributed by atoms with Crippen molar-refractivity contribution in [1.29, 1.82) is 0 Å². The minimum absolute atomic E-state index is 0.000110. The summed E-state index contributed by atoms with van der Waals surface area (Å²) >= 11 is 0. The molecule has 1 aliphatic heterocycles. The topological polar surface area (TPSA) is 103 Å². The predicted octanol–water partition coefficient (Wildman–Crippen LogP) is 5.15. The fourth-order valence-electron chi connectivity index (χ4n) is 7.90. The first-order chi connectivity index (χ1) is 20.6. The Morgan fingerprint density at radius 2 is 1.67 bits per heavy atom. The van der Waals surface area contributed by atoms with Gasteiger partial charge in [0.05, 0.1) is 23.6 Å². The molecule has 2 amide bonds. The smallest absolute Gasteiger partial charge is 0.404 e. The van der Waals surface area contributed by atoms with Gasteiger partial charge in [0.1, 0.15) is 0 Å². The van der Waals surface area contributed by atoms with E-state index in [9.17, 15) is 9.59 Å². The highest BCUT2D eigenvalue weighted by Crippen LogP contribution is 2.65. The number of hydrogen-bond donors (Lipinski definition) is 3. The first-order valence-electron chi connectivity index (χ1n) is 15.4. The SMILES string of the molecule is CNc1cccc(C[C@H](C(=O)N[C@@H](Cc2ccccc2)B2O[C@@H]3C[C@@H]4C[C@@H](C4(C)C)[C@]3(C)O2)c2ccccc2C(N)=O)c1. The summed E-state index contributed by atoms with van der Waals surface area (Å²) in [6, 6.07) is 25.2. The van der Waals surface area contributed by atoms with Gasteiger partial charge in [0.2, 0.25) is 11.8 Å². The van der Waals surface area contributed by atoms with Crippen molar-refractivity contribution in [3.63, 3.8) is 0 Å². The molecule has 3 aromatic carbocycles. The Labute approximate surface area is 255 Å². The fraction of sp³-hybridized carbons (Fsp3) is 0.429. The summed E-state index contributed by atoms with van der Waals surface area (Å²) in [4.78, 5) is 26.9. The first-order valence-corrected chi connectivity index (χ1v) is 15.4. The molecule has 43 heavy (non-hydrogen) atoms. The molecule has 3 saturated carbocycles. The number of nitrogens with one attached hydrogen (secondary N) is 2. The number of carbonyl (C=O) groups excluding carboxylic acids is 2. The zero-order valence-corrected chi connectivity index (χ0v) is 25.5. The first kappa shape index (κ1) is 29.5. The van der Waals surface area contributed by atoms with Crippen LogP contribution < -0.4 is 16.4 Å². The van der Waals surface area contributed by atoms with Crippen LogP contribution in [0.5, 0.6) is 0 Å². The van der Waals surface area contributed by atoms with Gasteiger partial charge in [-0.25, -0.2) is 0 Å². The third kappa shape index (κ3) is 5.47. The molecule has 0 unspecified atom stereocenters. The highest BCUT2D eigenvalue weighted by atomic mass is 16.7. The molecule has 1 saturated heterocycles. The zero-order valence-electron chi connectivity index (χ0n) is 25.5. The maximum absolute atomic E-state index is 14.4. The van der Waals surface area contributed by atoms with E-state index in [1.165, 1.54) is 0 Å². The van der Waals surface area contributed by atoms with Crippen LogP contribution >= 0.6 is 0 Å². The normalized spacial score (nSPS) is 26.5. The Morgan fingerprint density at radius 1 is 0.953 bits per heavy atom. The van der Waals surface area contributed by atoms with E-state index in [4.69, 9.17) is 15.0 Å². The molecule has 1 heterocycles. The number of rotatable bonds is 10. The van der Waals surface area contributed by atoms with Crippen molar-refractivity contribution in [2.75, 3.05) is 12.4 Å². The van der Waals surface area contributed by atoms with Crippen LogP contribution in [0.1, 0.15) is 66.6 Å². The molecule has 7 rings (SSSR count). The second-order valence-corrected chi connectivity index (χ2v) is 13.3. The van der Waals surface area contributed by atoms with E-state index in [0.717, 1.165) is 29.7 Å². The third-order valence-electron chi connectivity index (χ3n) is 10.5. The van der Waals surface area contributed by atoms with Crippen LogP contribution in [0.2, 0.25) is 0 Å². The fourth-order valence-corrected chi connectivity index (χ4v) is 7.90. The minimum Gasteiger partial charge on any atom is -0.404 e. The molecular formula is C35H42BN3O4.